The molecule has 0 amide bonds. The maximum Gasteiger partial charge on any atom is 0.261 e. The monoisotopic (exact) mass is 500 g/mol. The Morgan fingerprint density at radius 1 is 0.912 bits per heavy atom. The summed E-state index contributed by atoms with van der Waals surface area (Å²) in [4.78, 5) is 10.9. The molecule has 0 N–H and O–H groups in total. The minimum atomic E-state index is -2.62. The van der Waals surface area contributed by atoms with E-state index in [1.54, 1.807) is 0 Å². The van der Waals surface area contributed by atoms with Crippen molar-refractivity contribution in [2.75, 3.05) is 20.0 Å². The van der Waals surface area contributed by atoms with Crippen LogP contribution in [-0.4, -0.2) is 48.8 Å². The zero-order valence-electron chi connectivity index (χ0n) is 22.0. The largest absolute Gasteiger partial charge is 0.405 e. The van der Waals surface area contributed by atoms with Gasteiger partial charge >= 0.3 is 0 Å². The molecule has 0 spiro atoms. The highest BCUT2D eigenvalue weighted by Crippen LogP contribution is 2.37. The van der Waals surface area contributed by atoms with Gasteiger partial charge in [-0.25, -0.2) is 0 Å². The average molecular weight is 501 g/mol. The van der Waals surface area contributed by atoms with Crippen molar-refractivity contribution in [2.24, 2.45) is 0 Å². The van der Waals surface area contributed by atoms with E-state index in [1.165, 1.54) is 10.4 Å². The molecule has 0 aliphatic heterocycles. The van der Waals surface area contributed by atoms with Gasteiger partial charge in [-0.3, -0.25) is 0 Å². The summed E-state index contributed by atoms with van der Waals surface area (Å²) in [5.74, 6) is 0. The lowest BCUT2D eigenvalue weighted by Gasteiger charge is -2.43. The second kappa shape index (κ2) is 13.5. The number of carbonyl (C=O) groups excluding carboxylic acids is 1. The molecule has 0 bridgehead atoms. The van der Waals surface area contributed by atoms with Crippen molar-refractivity contribution >= 4 is 33.1 Å². The number of benzene rings is 2. The third kappa shape index (κ3) is 8.57. The normalized spacial score (nSPS) is 13.6. The molecule has 0 unspecified atom stereocenters. The van der Waals surface area contributed by atoms with E-state index in [1.807, 2.05) is 0 Å². The fourth-order valence-electron chi connectivity index (χ4n) is 4.20. The maximum atomic E-state index is 10.9. The van der Waals surface area contributed by atoms with E-state index in [0.717, 1.165) is 31.8 Å². The molecule has 2 aromatic carbocycles. The first-order valence-corrected chi connectivity index (χ1v) is 18.1. The van der Waals surface area contributed by atoms with Crippen LogP contribution in [0.1, 0.15) is 40.0 Å². The number of hydrogen-bond acceptors (Lipinski definition) is 4. The van der Waals surface area contributed by atoms with E-state index < -0.39 is 16.4 Å². The summed E-state index contributed by atoms with van der Waals surface area (Å²) in [7, 11) is -3.76. The molecule has 188 valence electrons. The van der Waals surface area contributed by atoms with Crippen LogP contribution in [0.3, 0.4) is 0 Å². The third-order valence-corrected chi connectivity index (χ3v) is 12.8. The molecule has 0 aliphatic carbocycles. The maximum absolute atomic E-state index is 10.9. The first-order chi connectivity index (χ1) is 16.1. The molecule has 2 rings (SSSR count). The molecule has 0 aromatic heterocycles. The summed E-state index contributed by atoms with van der Waals surface area (Å²) >= 11 is 0. The highest BCUT2D eigenvalue weighted by atomic mass is 28.4. The molecule has 0 aliphatic rings. The van der Waals surface area contributed by atoms with Crippen molar-refractivity contribution in [2.45, 2.75) is 76.9 Å². The predicted molar refractivity (Wildman–Crippen MR) is 147 cm³/mol. The molecule has 34 heavy (non-hydrogen) atoms. The summed E-state index contributed by atoms with van der Waals surface area (Å²) in [5, 5.41) is 2.43. The number of hydrogen-bond donors (Lipinski definition) is 0. The second-order valence-corrected chi connectivity index (χ2v) is 21.1. The van der Waals surface area contributed by atoms with Crippen LogP contribution in [0, 0.1) is 0 Å². The lowest BCUT2D eigenvalue weighted by Crippen LogP contribution is -2.67. The number of rotatable bonds is 15. The molecule has 0 fully saturated rings. The average Bonchev–Trinajstić information content (AvgIpc) is 2.78. The molecule has 0 radical (unpaired) electrons. The van der Waals surface area contributed by atoms with Gasteiger partial charge in [0.05, 0.1) is 12.7 Å². The van der Waals surface area contributed by atoms with E-state index >= 15 is 0 Å². The van der Waals surface area contributed by atoms with Crippen LogP contribution in [-0.2, 0) is 18.7 Å². The van der Waals surface area contributed by atoms with Crippen LogP contribution in [0.4, 0.5) is 0 Å². The van der Waals surface area contributed by atoms with Crippen LogP contribution >= 0.6 is 0 Å². The topological polar surface area (TPSA) is 44.8 Å². The second-order valence-electron chi connectivity index (χ2n) is 11.2. The van der Waals surface area contributed by atoms with Crippen molar-refractivity contribution in [3.8, 4) is 0 Å². The van der Waals surface area contributed by atoms with Gasteiger partial charge in [0.1, 0.15) is 13.1 Å². The van der Waals surface area contributed by atoms with Crippen LogP contribution < -0.4 is 10.4 Å². The molecular weight excluding hydrogens is 456 g/mol. The van der Waals surface area contributed by atoms with E-state index in [2.05, 4.69) is 101 Å². The standard InChI is InChI=1S/C28H44O4Si2/c1-28(2,3)34(26-16-9-7-10-17-26,27-18-11-8-12-19-27)32-23-25(15-13-14-20-29)31-24-30-21-22-33(4,5)6/h7-12,16-20,25H,13-15,21-24H2,1-6H3/t25-/m1/s1. The lowest BCUT2D eigenvalue weighted by molar-refractivity contribution is -0.109. The summed E-state index contributed by atoms with van der Waals surface area (Å²) in [6.45, 7) is 15.3. The van der Waals surface area contributed by atoms with Crippen LogP contribution in [0.5, 0.6) is 0 Å². The van der Waals surface area contributed by atoms with Crippen LogP contribution in [0.25, 0.3) is 0 Å². The van der Waals surface area contributed by atoms with Gasteiger partial charge in [0.2, 0.25) is 0 Å². The first-order valence-electron chi connectivity index (χ1n) is 12.5. The van der Waals surface area contributed by atoms with Crippen molar-refractivity contribution in [3.05, 3.63) is 60.7 Å². The van der Waals surface area contributed by atoms with Crippen LogP contribution in [0.15, 0.2) is 60.7 Å². The Hall–Kier alpha value is -1.58. The lowest BCUT2D eigenvalue weighted by atomic mass is 10.2. The van der Waals surface area contributed by atoms with Crippen molar-refractivity contribution in [1.82, 2.24) is 0 Å². The number of ether oxygens (including phenoxy) is 2. The number of unbranched alkanes of at least 4 members (excludes halogenated alkanes) is 1. The highest BCUT2D eigenvalue weighted by Gasteiger charge is 2.50. The Balaban J connectivity index is 2.23. The molecule has 0 saturated carbocycles. The Kier molecular flexibility index (Phi) is 11.4. The Bertz CT molecular complexity index is 789. The van der Waals surface area contributed by atoms with E-state index in [4.69, 9.17) is 13.9 Å². The fraction of sp³-hybridized carbons (Fsp3) is 0.536. The van der Waals surface area contributed by atoms with E-state index in [-0.39, 0.29) is 17.9 Å². The summed E-state index contributed by atoms with van der Waals surface area (Å²) < 4.78 is 19.0. The molecule has 1 atom stereocenters. The Morgan fingerprint density at radius 3 is 1.94 bits per heavy atom. The Morgan fingerprint density at radius 2 is 1.47 bits per heavy atom. The smallest absolute Gasteiger partial charge is 0.261 e. The van der Waals surface area contributed by atoms with Gasteiger partial charge in [-0.05, 0) is 34.3 Å². The summed E-state index contributed by atoms with van der Waals surface area (Å²) in [5.41, 5.74) is 0. The summed E-state index contributed by atoms with van der Waals surface area (Å²) in [6.07, 6.45) is 2.95. The van der Waals surface area contributed by atoms with Crippen molar-refractivity contribution in [3.63, 3.8) is 0 Å². The molecule has 0 saturated heterocycles. The van der Waals surface area contributed by atoms with E-state index in [0.29, 0.717) is 13.0 Å². The number of aldehydes is 1. The van der Waals surface area contributed by atoms with Crippen molar-refractivity contribution < 1.29 is 18.7 Å². The summed E-state index contributed by atoms with van der Waals surface area (Å²) in [6, 6.07) is 22.4. The molecule has 6 heteroatoms. The molecule has 0 heterocycles. The van der Waals surface area contributed by atoms with Gasteiger partial charge < -0.3 is 18.7 Å². The van der Waals surface area contributed by atoms with E-state index in [9.17, 15) is 4.79 Å². The number of carbonyl (C=O) groups is 1. The van der Waals surface area contributed by atoms with Crippen LogP contribution in [0.2, 0.25) is 30.7 Å². The van der Waals surface area contributed by atoms with Gasteiger partial charge in [0, 0.05) is 21.1 Å². The van der Waals surface area contributed by atoms with Gasteiger partial charge in [-0.1, -0.05) is 101 Å². The molecule has 2 aromatic rings. The first kappa shape index (κ1) is 28.7. The van der Waals surface area contributed by atoms with Gasteiger partial charge in [-0.15, -0.1) is 0 Å². The zero-order chi connectivity index (χ0) is 25.1. The minimum Gasteiger partial charge on any atom is -0.405 e. The zero-order valence-corrected chi connectivity index (χ0v) is 24.0. The Labute approximate surface area is 209 Å². The molecular formula is C28H44O4Si2. The molecule has 4 nitrogen and oxygen atoms in total. The van der Waals surface area contributed by atoms with Gasteiger partial charge in [0.25, 0.3) is 8.32 Å². The highest BCUT2D eigenvalue weighted by molar-refractivity contribution is 6.99. The van der Waals surface area contributed by atoms with Crippen molar-refractivity contribution in [1.29, 1.82) is 0 Å². The SMILES string of the molecule is CC(C)(C)[Si](OC[C@@H](CCCC=O)OCOCC[Si](C)(C)C)(c1ccccc1)c1ccccc1. The van der Waals surface area contributed by atoms with Gasteiger partial charge in [-0.2, -0.15) is 0 Å². The quantitative estimate of drug-likeness (QED) is 0.138. The minimum absolute atomic E-state index is 0.0864. The van der Waals surface area contributed by atoms with Gasteiger partial charge in [0.15, 0.2) is 0 Å². The third-order valence-electron chi connectivity index (χ3n) is 6.13. The predicted octanol–water partition coefficient (Wildman–Crippen LogP) is 5.63. The fourth-order valence-corrected chi connectivity index (χ4v) is 9.55.